The average Bonchev–Trinajstić information content (AvgIpc) is 2.41. The molecule has 0 fully saturated rings. The van der Waals surface area contributed by atoms with E-state index in [4.69, 9.17) is 5.73 Å². The number of amides is 1. The van der Waals surface area contributed by atoms with Gasteiger partial charge in [0.05, 0.1) is 11.9 Å². The van der Waals surface area contributed by atoms with Gasteiger partial charge in [-0.1, -0.05) is 6.07 Å². The summed E-state index contributed by atoms with van der Waals surface area (Å²) in [6.07, 6.45) is 3.43. The second-order valence-electron chi connectivity index (χ2n) is 2.94. The lowest BCUT2D eigenvalue weighted by Gasteiger charge is -1.94. The van der Waals surface area contributed by atoms with E-state index in [1.165, 1.54) is 0 Å². The van der Waals surface area contributed by atoms with Crippen LogP contribution in [0, 0.1) is 0 Å². The summed E-state index contributed by atoms with van der Waals surface area (Å²) < 4.78 is 0. The molecule has 0 unspecified atom stereocenters. The number of benzene rings is 1. The fraction of sp³-hybridized carbons (Fsp3) is 0.100. The molecular weight excluding hydrogens is 178 g/mol. The van der Waals surface area contributed by atoms with Crippen molar-refractivity contribution in [3.05, 3.63) is 34.3 Å². The van der Waals surface area contributed by atoms with Gasteiger partial charge in [0.15, 0.2) is 0 Å². The van der Waals surface area contributed by atoms with Crippen LogP contribution in [0.2, 0.25) is 0 Å². The van der Waals surface area contributed by atoms with Crippen LogP contribution in [0.25, 0.3) is 6.20 Å². The predicted octanol–water partition coefficient (Wildman–Crippen LogP) is -0.772. The molecule has 1 aliphatic rings. The van der Waals surface area contributed by atoms with E-state index in [1.54, 1.807) is 30.6 Å². The first-order valence-electron chi connectivity index (χ1n) is 4.23. The Morgan fingerprint density at radius 1 is 1.43 bits per heavy atom. The van der Waals surface area contributed by atoms with Crippen molar-refractivity contribution in [1.82, 2.24) is 0 Å². The molecule has 0 bridgehead atoms. The molecule has 0 radical (unpaired) electrons. The molecule has 14 heavy (non-hydrogen) atoms. The second-order valence-corrected chi connectivity index (χ2v) is 2.94. The molecule has 1 amide bonds. The SMILES string of the molecule is NC(=O)c1ccc2c(c1)=NCC=NC=2. The third-order valence-electron chi connectivity index (χ3n) is 1.98. The number of aliphatic imine (C=N–C) groups is 1. The van der Waals surface area contributed by atoms with E-state index in [9.17, 15) is 4.79 Å². The number of fused-ring (bicyclic) bond motifs is 1. The van der Waals surface area contributed by atoms with Crippen molar-refractivity contribution in [1.29, 1.82) is 0 Å². The van der Waals surface area contributed by atoms with Crippen LogP contribution in [-0.2, 0) is 0 Å². The molecule has 1 heterocycles. The number of carbonyl (C=O) groups excluding carboxylic acids is 1. The first-order valence-corrected chi connectivity index (χ1v) is 4.23. The predicted molar refractivity (Wildman–Crippen MR) is 53.6 cm³/mol. The van der Waals surface area contributed by atoms with E-state index in [0.29, 0.717) is 12.1 Å². The Balaban J connectivity index is 2.68. The molecule has 0 spiro atoms. The highest BCUT2D eigenvalue weighted by molar-refractivity contribution is 5.92. The molecule has 1 aromatic carbocycles. The van der Waals surface area contributed by atoms with Crippen LogP contribution < -0.4 is 16.3 Å². The van der Waals surface area contributed by atoms with Gasteiger partial charge in [0.2, 0.25) is 5.91 Å². The van der Waals surface area contributed by atoms with Gasteiger partial charge in [0, 0.05) is 23.2 Å². The highest BCUT2D eigenvalue weighted by Crippen LogP contribution is 1.90. The van der Waals surface area contributed by atoms with E-state index in [0.717, 1.165) is 10.6 Å². The van der Waals surface area contributed by atoms with E-state index < -0.39 is 5.91 Å². The maximum atomic E-state index is 10.9. The Morgan fingerprint density at radius 2 is 2.29 bits per heavy atom. The summed E-state index contributed by atoms with van der Waals surface area (Å²) in [7, 11) is 0. The van der Waals surface area contributed by atoms with Crippen molar-refractivity contribution in [2.75, 3.05) is 6.54 Å². The van der Waals surface area contributed by atoms with E-state index >= 15 is 0 Å². The summed E-state index contributed by atoms with van der Waals surface area (Å²) >= 11 is 0. The summed E-state index contributed by atoms with van der Waals surface area (Å²) in [5.74, 6) is -0.437. The molecule has 2 rings (SSSR count). The van der Waals surface area contributed by atoms with Crippen LogP contribution in [0.3, 0.4) is 0 Å². The molecule has 0 atom stereocenters. The Kier molecular flexibility index (Phi) is 2.10. The van der Waals surface area contributed by atoms with Gasteiger partial charge in [-0.25, -0.2) is 0 Å². The summed E-state index contributed by atoms with van der Waals surface area (Å²) in [5.41, 5.74) is 5.64. The number of hydrogen-bond acceptors (Lipinski definition) is 3. The van der Waals surface area contributed by atoms with Crippen molar-refractivity contribution in [3.8, 4) is 0 Å². The van der Waals surface area contributed by atoms with E-state index in [2.05, 4.69) is 9.98 Å². The zero-order valence-corrected chi connectivity index (χ0v) is 7.47. The van der Waals surface area contributed by atoms with Crippen LogP contribution in [0.1, 0.15) is 10.4 Å². The van der Waals surface area contributed by atoms with Gasteiger partial charge in [-0.2, -0.15) is 0 Å². The fourth-order valence-electron chi connectivity index (χ4n) is 1.26. The summed E-state index contributed by atoms with van der Waals surface area (Å²) in [4.78, 5) is 19.2. The lowest BCUT2D eigenvalue weighted by Crippen LogP contribution is -2.27. The van der Waals surface area contributed by atoms with Gasteiger partial charge in [-0.3, -0.25) is 14.8 Å². The minimum Gasteiger partial charge on any atom is -0.366 e. The van der Waals surface area contributed by atoms with Gasteiger partial charge >= 0.3 is 0 Å². The minimum absolute atomic E-state index is 0.437. The minimum atomic E-state index is -0.437. The zero-order valence-electron chi connectivity index (χ0n) is 7.47. The summed E-state index contributed by atoms with van der Waals surface area (Å²) in [6.45, 7) is 0.533. The molecule has 4 nitrogen and oxygen atoms in total. The Hall–Kier alpha value is -1.97. The molecule has 0 aliphatic carbocycles. The maximum Gasteiger partial charge on any atom is 0.248 e. The number of nitrogens with two attached hydrogens (primary N) is 1. The topological polar surface area (TPSA) is 67.8 Å². The van der Waals surface area contributed by atoms with Gasteiger partial charge in [0.1, 0.15) is 0 Å². The molecule has 70 valence electrons. The van der Waals surface area contributed by atoms with Crippen LogP contribution in [-0.4, -0.2) is 18.7 Å². The van der Waals surface area contributed by atoms with Crippen molar-refractivity contribution in [3.63, 3.8) is 0 Å². The van der Waals surface area contributed by atoms with Gasteiger partial charge in [-0.15, -0.1) is 0 Å². The van der Waals surface area contributed by atoms with E-state index in [-0.39, 0.29) is 0 Å². The summed E-state index contributed by atoms with van der Waals surface area (Å²) in [6, 6.07) is 5.15. The molecular formula is C10H9N3O. The zero-order chi connectivity index (χ0) is 9.97. The largest absolute Gasteiger partial charge is 0.366 e. The number of rotatable bonds is 1. The van der Waals surface area contributed by atoms with Crippen LogP contribution in [0.4, 0.5) is 0 Å². The van der Waals surface area contributed by atoms with Gasteiger partial charge in [0.25, 0.3) is 0 Å². The first kappa shape index (κ1) is 8.62. The van der Waals surface area contributed by atoms with Crippen molar-refractivity contribution in [2.24, 2.45) is 15.7 Å². The Morgan fingerprint density at radius 3 is 3.07 bits per heavy atom. The third kappa shape index (κ3) is 1.54. The van der Waals surface area contributed by atoms with E-state index in [1.807, 2.05) is 0 Å². The van der Waals surface area contributed by atoms with Gasteiger partial charge < -0.3 is 5.73 Å². The fourth-order valence-corrected chi connectivity index (χ4v) is 1.26. The van der Waals surface area contributed by atoms with Crippen LogP contribution in [0.5, 0.6) is 0 Å². The summed E-state index contributed by atoms with van der Waals surface area (Å²) in [5, 5.41) is 1.67. The van der Waals surface area contributed by atoms with Crippen LogP contribution >= 0.6 is 0 Å². The monoisotopic (exact) mass is 187 g/mol. The lowest BCUT2D eigenvalue weighted by molar-refractivity contribution is 0.1000. The smallest absolute Gasteiger partial charge is 0.248 e. The Bertz CT molecular complexity index is 517. The standard InChI is InChI=1S/C10H9N3O/c11-10(14)7-1-2-8-6-12-3-4-13-9(8)5-7/h1-3,5-6H,4H2,(H2,11,14). The average molecular weight is 187 g/mol. The third-order valence-corrected chi connectivity index (χ3v) is 1.98. The normalized spacial score (nSPS) is 13.4. The first-order chi connectivity index (χ1) is 6.77. The number of primary amides is 1. The van der Waals surface area contributed by atoms with Crippen molar-refractivity contribution < 1.29 is 4.79 Å². The molecule has 1 aromatic rings. The molecule has 2 N–H and O–H groups in total. The molecule has 0 aromatic heterocycles. The molecule has 0 saturated carbocycles. The van der Waals surface area contributed by atoms with Crippen molar-refractivity contribution >= 4 is 18.3 Å². The quantitative estimate of drug-likeness (QED) is 0.616. The molecule has 1 aliphatic heterocycles. The Labute approximate surface area is 80.5 Å². The lowest BCUT2D eigenvalue weighted by atomic mass is 10.2. The maximum absolute atomic E-state index is 10.9. The molecule has 4 heteroatoms. The van der Waals surface area contributed by atoms with Crippen molar-refractivity contribution in [2.45, 2.75) is 0 Å². The number of nitrogens with zero attached hydrogens (tertiary/aromatic N) is 2. The number of carbonyl (C=O) groups is 1. The number of hydrogen-bond donors (Lipinski definition) is 1. The van der Waals surface area contributed by atoms with Gasteiger partial charge in [-0.05, 0) is 12.1 Å². The second kappa shape index (κ2) is 3.41. The van der Waals surface area contributed by atoms with Crippen LogP contribution in [0.15, 0.2) is 28.2 Å². The highest BCUT2D eigenvalue weighted by Gasteiger charge is 2.00. The highest BCUT2D eigenvalue weighted by atomic mass is 16.1. The molecule has 0 saturated heterocycles.